The molecule has 0 saturated carbocycles. The SMILES string of the molecule is Nc1nc2c(=C\CNC(=O)c3ccc[nH]3)/c(=C\CNC(=O)c3ccc[nH]3)c3nc(N)[nH]c3c2[nH]1. The zero-order valence-electron chi connectivity index (χ0n) is 17.9. The monoisotopic (exact) mass is 458 g/mol. The molecule has 0 aliphatic rings. The van der Waals surface area contributed by atoms with Crippen molar-refractivity contribution in [3.8, 4) is 0 Å². The molecule has 0 bridgehead atoms. The number of aromatic nitrogens is 6. The average molecular weight is 458 g/mol. The van der Waals surface area contributed by atoms with Gasteiger partial charge in [0.25, 0.3) is 11.8 Å². The number of nitrogens with zero attached hydrogens (tertiary/aromatic N) is 2. The Morgan fingerprint density at radius 2 is 1.24 bits per heavy atom. The molecular weight excluding hydrogens is 436 g/mol. The molecule has 2 amide bonds. The molecule has 0 unspecified atom stereocenters. The van der Waals surface area contributed by atoms with E-state index in [9.17, 15) is 9.59 Å². The molecule has 0 spiro atoms. The first kappa shape index (κ1) is 20.9. The predicted octanol–water partition coefficient (Wildman–Crippen LogP) is -0.319. The number of hydrogen-bond acceptors (Lipinski definition) is 6. The molecule has 172 valence electrons. The molecule has 4 aromatic heterocycles. The van der Waals surface area contributed by atoms with Crippen molar-refractivity contribution in [2.45, 2.75) is 0 Å². The molecule has 0 atom stereocenters. The Bertz CT molecular complexity index is 1490. The Morgan fingerprint density at radius 3 is 1.62 bits per heavy atom. The highest BCUT2D eigenvalue weighted by Crippen LogP contribution is 2.18. The maximum absolute atomic E-state index is 12.3. The molecule has 12 heteroatoms. The zero-order valence-corrected chi connectivity index (χ0v) is 17.9. The van der Waals surface area contributed by atoms with Crippen molar-refractivity contribution >= 4 is 57.9 Å². The Kier molecular flexibility index (Phi) is 5.22. The number of rotatable bonds is 6. The fraction of sp³-hybridized carbons (Fsp3) is 0.0909. The summed E-state index contributed by atoms with van der Waals surface area (Å²) < 4.78 is 0. The van der Waals surface area contributed by atoms with E-state index in [2.05, 4.69) is 40.5 Å². The second-order valence-corrected chi connectivity index (χ2v) is 7.51. The number of H-pyrrole nitrogens is 4. The van der Waals surface area contributed by atoms with Crippen molar-refractivity contribution in [2.24, 2.45) is 0 Å². The predicted molar refractivity (Wildman–Crippen MR) is 129 cm³/mol. The van der Waals surface area contributed by atoms with Crippen LogP contribution < -0.4 is 32.5 Å². The smallest absolute Gasteiger partial charge is 0.267 e. The Labute approximate surface area is 191 Å². The summed E-state index contributed by atoms with van der Waals surface area (Å²) in [4.78, 5) is 45.3. The quantitative estimate of drug-likeness (QED) is 0.171. The van der Waals surface area contributed by atoms with Crippen molar-refractivity contribution in [3.05, 3.63) is 58.5 Å². The summed E-state index contributed by atoms with van der Waals surface area (Å²) >= 11 is 0. The van der Waals surface area contributed by atoms with Gasteiger partial charge < -0.3 is 42.0 Å². The number of anilines is 2. The number of imidazole rings is 2. The van der Waals surface area contributed by atoms with Crippen molar-refractivity contribution < 1.29 is 9.59 Å². The van der Waals surface area contributed by atoms with Crippen LogP contribution in [0.15, 0.2) is 36.7 Å². The third-order valence-corrected chi connectivity index (χ3v) is 5.32. The Morgan fingerprint density at radius 1 is 0.794 bits per heavy atom. The lowest BCUT2D eigenvalue weighted by molar-refractivity contribution is 0.0946. The lowest BCUT2D eigenvalue weighted by atomic mass is 10.1. The van der Waals surface area contributed by atoms with Crippen LogP contribution in [0.3, 0.4) is 0 Å². The number of carbonyl (C=O) groups excluding carboxylic acids is 2. The number of nitrogens with one attached hydrogen (secondary N) is 6. The van der Waals surface area contributed by atoms with E-state index in [1.807, 2.05) is 12.2 Å². The van der Waals surface area contributed by atoms with E-state index in [0.29, 0.717) is 43.9 Å². The summed E-state index contributed by atoms with van der Waals surface area (Å²) in [6.07, 6.45) is 7.01. The number of nitrogens with two attached hydrogens (primary N) is 2. The summed E-state index contributed by atoms with van der Waals surface area (Å²) in [6, 6.07) is 6.87. The first-order valence-corrected chi connectivity index (χ1v) is 10.5. The fourth-order valence-electron chi connectivity index (χ4n) is 3.83. The molecule has 1 aromatic carbocycles. The molecule has 12 nitrogen and oxygen atoms in total. The van der Waals surface area contributed by atoms with Gasteiger partial charge in [0.05, 0.1) is 11.0 Å². The van der Waals surface area contributed by atoms with Crippen LogP contribution >= 0.6 is 0 Å². The van der Waals surface area contributed by atoms with Gasteiger partial charge in [0.15, 0.2) is 11.9 Å². The first-order valence-electron chi connectivity index (χ1n) is 10.5. The molecule has 5 rings (SSSR count). The number of nitrogen functional groups attached to an aromatic ring is 2. The number of aromatic amines is 4. The molecular formula is C22H22N10O2. The lowest BCUT2D eigenvalue weighted by Gasteiger charge is -2.03. The van der Waals surface area contributed by atoms with Crippen LogP contribution in [0.1, 0.15) is 21.0 Å². The summed E-state index contributed by atoms with van der Waals surface area (Å²) in [5.74, 6) is -0.0285. The molecule has 5 aromatic rings. The number of benzene rings is 1. The van der Waals surface area contributed by atoms with E-state index in [0.717, 1.165) is 0 Å². The zero-order chi connectivity index (χ0) is 23.7. The molecule has 34 heavy (non-hydrogen) atoms. The highest BCUT2D eigenvalue weighted by molar-refractivity contribution is 6.03. The van der Waals surface area contributed by atoms with Gasteiger partial charge in [0, 0.05) is 35.9 Å². The summed E-state index contributed by atoms with van der Waals surface area (Å²) in [7, 11) is 0. The van der Waals surface area contributed by atoms with E-state index >= 15 is 0 Å². The van der Waals surface area contributed by atoms with Gasteiger partial charge in [-0.1, -0.05) is 12.2 Å². The maximum Gasteiger partial charge on any atom is 0.267 e. The van der Waals surface area contributed by atoms with E-state index in [1.54, 1.807) is 36.7 Å². The third-order valence-electron chi connectivity index (χ3n) is 5.32. The van der Waals surface area contributed by atoms with Crippen LogP contribution in [-0.4, -0.2) is 54.8 Å². The van der Waals surface area contributed by atoms with Gasteiger partial charge in [-0.25, -0.2) is 9.97 Å². The van der Waals surface area contributed by atoms with Crippen molar-refractivity contribution in [1.29, 1.82) is 0 Å². The van der Waals surface area contributed by atoms with Crippen molar-refractivity contribution in [2.75, 3.05) is 24.6 Å². The van der Waals surface area contributed by atoms with E-state index in [4.69, 9.17) is 11.5 Å². The average Bonchev–Trinajstić information content (AvgIpc) is 3.60. The molecule has 0 aliphatic carbocycles. The minimum absolute atomic E-state index is 0.223. The van der Waals surface area contributed by atoms with Gasteiger partial charge in [-0.3, -0.25) is 9.59 Å². The highest BCUT2D eigenvalue weighted by Gasteiger charge is 2.14. The first-order chi connectivity index (χ1) is 16.5. The van der Waals surface area contributed by atoms with Crippen molar-refractivity contribution in [3.63, 3.8) is 0 Å². The molecule has 0 radical (unpaired) electrons. The Balaban J connectivity index is 1.57. The number of hydrogen-bond donors (Lipinski definition) is 8. The molecule has 4 heterocycles. The van der Waals surface area contributed by atoms with E-state index in [-0.39, 0.29) is 36.8 Å². The fourth-order valence-corrected chi connectivity index (χ4v) is 3.83. The van der Waals surface area contributed by atoms with Gasteiger partial charge >= 0.3 is 0 Å². The van der Waals surface area contributed by atoms with Crippen molar-refractivity contribution in [1.82, 2.24) is 40.5 Å². The minimum atomic E-state index is -0.243. The second kappa shape index (κ2) is 8.50. The third kappa shape index (κ3) is 3.83. The van der Waals surface area contributed by atoms with Crippen LogP contribution in [0.5, 0.6) is 0 Å². The van der Waals surface area contributed by atoms with Gasteiger partial charge in [-0.05, 0) is 24.3 Å². The van der Waals surface area contributed by atoms with Crippen LogP contribution in [0.2, 0.25) is 0 Å². The highest BCUT2D eigenvalue weighted by atomic mass is 16.2. The number of fused-ring (bicyclic) bond motifs is 3. The standard InChI is InChI=1S/C22H22N10O2/c23-21-29-15-11(5-9-27-19(33)13-3-1-7-25-13)12(6-10-28-20(34)14-4-2-8-26-14)16-18(17(15)31-21)32-22(24)30-16/h1-8,25-26H,9-10H2,(H,27,33)(H,28,34)(H3,23,29,31)(H3,24,30,32)/b11-5-,12-6+. The topological polar surface area (TPSA) is 199 Å². The summed E-state index contributed by atoms with van der Waals surface area (Å²) in [5, 5.41) is 7.08. The molecule has 0 saturated heterocycles. The van der Waals surface area contributed by atoms with Crippen LogP contribution in [0.25, 0.3) is 34.2 Å². The largest absolute Gasteiger partial charge is 0.369 e. The normalized spacial score (nSPS) is 12.6. The van der Waals surface area contributed by atoms with E-state index < -0.39 is 0 Å². The summed E-state index contributed by atoms with van der Waals surface area (Å²) in [6.45, 7) is 0.446. The van der Waals surface area contributed by atoms with Crippen LogP contribution in [0, 0.1) is 0 Å². The van der Waals surface area contributed by atoms with Crippen LogP contribution in [0.4, 0.5) is 11.9 Å². The maximum atomic E-state index is 12.3. The second-order valence-electron chi connectivity index (χ2n) is 7.51. The summed E-state index contributed by atoms with van der Waals surface area (Å²) in [5.41, 5.74) is 15.3. The Hall–Kier alpha value is -5.00. The molecule has 0 aliphatic heterocycles. The van der Waals surface area contributed by atoms with Gasteiger partial charge in [0.1, 0.15) is 22.4 Å². The molecule has 0 fully saturated rings. The number of carbonyl (C=O) groups is 2. The number of amides is 2. The lowest BCUT2D eigenvalue weighted by Crippen LogP contribution is -2.33. The minimum Gasteiger partial charge on any atom is -0.369 e. The van der Waals surface area contributed by atoms with Gasteiger partial charge in [-0.15, -0.1) is 0 Å². The molecule has 10 N–H and O–H groups in total. The van der Waals surface area contributed by atoms with Gasteiger partial charge in [0.2, 0.25) is 0 Å². The van der Waals surface area contributed by atoms with E-state index in [1.165, 1.54) is 0 Å². The van der Waals surface area contributed by atoms with Crippen LogP contribution in [-0.2, 0) is 0 Å². The van der Waals surface area contributed by atoms with Gasteiger partial charge in [-0.2, -0.15) is 0 Å².